The summed E-state index contributed by atoms with van der Waals surface area (Å²) in [5.74, 6) is 0.245. The molecule has 4 N–H and O–H groups in total. The normalized spacial score (nSPS) is 11.0. The van der Waals surface area contributed by atoms with Crippen LogP contribution in [0.2, 0.25) is 10.6 Å². The van der Waals surface area contributed by atoms with Gasteiger partial charge >= 0.3 is 59.1 Å². The van der Waals surface area contributed by atoms with Gasteiger partial charge in [0.25, 0.3) is 0 Å². The van der Waals surface area contributed by atoms with Gasteiger partial charge in [0.15, 0.2) is 0 Å². The fourth-order valence-electron chi connectivity index (χ4n) is 3.52. The van der Waals surface area contributed by atoms with Crippen molar-refractivity contribution in [2.75, 3.05) is 21.3 Å². The third-order valence-electron chi connectivity index (χ3n) is 5.39. The van der Waals surface area contributed by atoms with E-state index in [1.807, 2.05) is 0 Å². The summed E-state index contributed by atoms with van der Waals surface area (Å²) >= 11 is 12.1. The summed E-state index contributed by atoms with van der Waals surface area (Å²) in [7, 11) is -9.18. The molecule has 0 amide bonds. The summed E-state index contributed by atoms with van der Waals surface area (Å²) in [6.45, 7) is 0. The van der Waals surface area contributed by atoms with Crippen LogP contribution in [0.4, 0.5) is 46.5 Å². The number of benzene rings is 3. The number of rotatable bonds is 10. The van der Waals surface area contributed by atoms with Crippen molar-refractivity contribution in [2.45, 2.75) is 9.79 Å². The predicted octanol–water partition coefficient (Wildman–Crippen LogP) is -1.85. The molecule has 0 saturated heterocycles. The zero-order valence-corrected chi connectivity index (χ0v) is 30.8. The monoisotopic (exact) mass is 720 g/mol. The van der Waals surface area contributed by atoms with Crippen LogP contribution in [-0.4, -0.2) is 55.8 Å². The molecular weight excluding hydrogens is 705 g/mol. The summed E-state index contributed by atoms with van der Waals surface area (Å²) in [5.41, 5.74) is 1.85. The molecule has 22 heteroatoms. The third-order valence-corrected chi connectivity index (χ3v) is 7.43. The maximum Gasteiger partial charge on any atom is 1.00 e. The Morgan fingerprint density at radius 3 is 1.09 bits per heavy atom. The average Bonchev–Trinajstić information content (AvgIpc) is 2.92. The number of aromatic nitrogens is 6. The molecule has 3 aromatic carbocycles. The minimum Gasteiger partial charge on any atom is -0.744 e. The molecule has 0 atom stereocenters. The first-order valence-electron chi connectivity index (χ1n) is 11.9. The number of hydrogen-bond donors (Lipinski definition) is 4. The van der Waals surface area contributed by atoms with Crippen LogP contribution >= 0.6 is 23.2 Å². The van der Waals surface area contributed by atoms with Crippen molar-refractivity contribution < 1.29 is 85.1 Å². The Hall–Kier alpha value is -2.72. The van der Waals surface area contributed by atoms with Gasteiger partial charge in [-0.15, -0.1) is 0 Å². The van der Waals surface area contributed by atoms with E-state index in [-0.39, 0.29) is 103 Å². The fourth-order valence-corrected chi connectivity index (χ4v) is 4.78. The zero-order chi connectivity index (χ0) is 31.5. The van der Waals surface area contributed by atoms with Crippen LogP contribution in [-0.2, 0) is 20.2 Å². The Bertz CT molecular complexity index is 1920. The number of halogens is 2. The zero-order valence-electron chi connectivity index (χ0n) is 23.6. The van der Waals surface area contributed by atoms with Crippen LogP contribution in [0.1, 0.15) is 0 Å². The topological polar surface area (TPSA) is 240 Å². The van der Waals surface area contributed by atoms with Gasteiger partial charge in [-0.1, -0.05) is 6.07 Å². The van der Waals surface area contributed by atoms with E-state index in [9.17, 15) is 25.9 Å². The molecule has 46 heavy (non-hydrogen) atoms. The first-order chi connectivity index (χ1) is 20.8. The second-order valence-electron chi connectivity index (χ2n) is 8.54. The van der Waals surface area contributed by atoms with Crippen LogP contribution in [0.5, 0.6) is 0 Å². The Balaban J connectivity index is 0.00000288. The summed E-state index contributed by atoms with van der Waals surface area (Å²) < 4.78 is 66.9. The van der Waals surface area contributed by atoms with E-state index in [1.54, 1.807) is 24.3 Å². The Kier molecular flexibility index (Phi) is 13.1. The third kappa shape index (κ3) is 10.7. The van der Waals surface area contributed by atoms with Gasteiger partial charge < -0.3 is 30.4 Å². The molecule has 16 nitrogen and oxygen atoms in total. The molecule has 0 fully saturated rings. The summed E-state index contributed by atoms with van der Waals surface area (Å²) in [6.07, 6.45) is 0. The van der Waals surface area contributed by atoms with Crippen LogP contribution < -0.4 is 80.4 Å². The summed E-state index contributed by atoms with van der Waals surface area (Å²) in [4.78, 5) is 23.8. The quantitative estimate of drug-likeness (QED) is 0.0915. The largest absolute Gasteiger partial charge is 1.00 e. The molecule has 0 spiro atoms. The first kappa shape index (κ1) is 37.7. The van der Waals surface area contributed by atoms with Crippen molar-refractivity contribution in [3.05, 3.63) is 83.4 Å². The van der Waals surface area contributed by atoms with Gasteiger partial charge in [0.1, 0.15) is 20.2 Å². The molecule has 0 aliphatic rings. The molecule has 5 aromatic rings. The number of hydrogen-bond acceptors (Lipinski definition) is 16. The van der Waals surface area contributed by atoms with Gasteiger partial charge in [0.05, 0.1) is 9.79 Å². The maximum absolute atomic E-state index is 11.1. The standard InChI is InChI=1S/C24H18Cl2N10O6S2.2Na/c25-19-31-21(27-13-4-8-17(9-5-13)43(37,38)39)35-23(33-19)29-15-2-1-3-16(12-15)30-24-34-20(26)32-22(36-24)28-14-6-10-18(11-7-14)44(40,41)42;;/h1-12H,(H,37,38,39)(H,40,41,42)(H2,27,29,31,33,35)(H2,28,30,32,34,36);;/q;2*+1/p-2. The van der Waals surface area contributed by atoms with Crippen LogP contribution in [0, 0.1) is 0 Å². The molecule has 0 radical (unpaired) electrons. The minimum atomic E-state index is -4.59. The Labute approximate surface area is 316 Å². The predicted molar refractivity (Wildman–Crippen MR) is 158 cm³/mol. The average molecular weight is 721 g/mol. The summed E-state index contributed by atoms with van der Waals surface area (Å²) in [5, 5.41) is 11.4. The second-order valence-corrected chi connectivity index (χ2v) is 12.0. The van der Waals surface area contributed by atoms with Crippen molar-refractivity contribution in [1.29, 1.82) is 0 Å². The van der Waals surface area contributed by atoms with Gasteiger partial charge in [0, 0.05) is 22.7 Å². The van der Waals surface area contributed by atoms with Gasteiger partial charge in [-0.05, 0) is 89.9 Å². The molecule has 5 rings (SSSR count). The Morgan fingerprint density at radius 2 is 0.783 bits per heavy atom. The number of nitrogens with one attached hydrogen (secondary N) is 4. The SMILES string of the molecule is O=S(=O)([O-])c1ccc(Nc2nc(Cl)nc(Nc3cccc(Nc4nc(Cl)nc(Nc5ccc(S(=O)(=O)[O-])cc5)n4)c3)n2)cc1.[Na+].[Na+]. The molecule has 2 aromatic heterocycles. The van der Waals surface area contributed by atoms with Gasteiger partial charge in [-0.3, -0.25) is 0 Å². The molecular formula is C24H16Cl2N10Na2O6S2. The number of nitrogens with zero attached hydrogens (tertiary/aromatic N) is 6. The van der Waals surface area contributed by atoms with E-state index in [0.717, 1.165) is 24.3 Å². The fraction of sp³-hybridized carbons (Fsp3) is 0. The molecule has 0 aliphatic carbocycles. The smallest absolute Gasteiger partial charge is 0.744 e. The maximum atomic E-state index is 11.1. The molecule has 0 saturated carbocycles. The van der Waals surface area contributed by atoms with E-state index in [4.69, 9.17) is 23.2 Å². The van der Waals surface area contributed by atoms with E-state index in [1.165, 1.54) is 24.3 Å². The minimum absolute atomic E-state index is 0. The van der Waals surface area contributed by atoms with Crippen LogP contribution in [0.3, 0.4) is 0 Å². The second kappa shape index (κ2) is 15.9. The van der Waals surface area contributed by atoms with Gasteiger partial charge in [-0.2, -0.15) is 29.9 Å². The van der Waals surface area contributed by atoms with Crippen molar-refractivity contribution in [1.82, 2.24) is 29.9 Å². The van der Waals surface area contributed by atoms with E-state index < -0.39 is 20.2 Å². The summed E-state index contributed by atoms with van der Waals surface area (Å²) in [6, 6.07) is 16.9. The first-order valence-corrected chi connectivity index (χ1v) is 15.5. The van der Waals surface area contributed by atoms with Gasteiger partial charge in [-0.25, -0.2) is 16.8 Å². The van der Waals surface area contributed by atoms with Crippen LogP contribution in [0.15, 0.2) is 82.6 Å². The van der Waals surface area contributed by atoms with Crippen molar-refractivity contribution in [3.63, 3.8) is 0 Å². The van der Waals surface area contributed by atoms with Crippen molar-refractivity contribution >= 4 is 90.0 Å². The van der Waals surface area contributed by atoms with E-state index in [2.05, 4.69) is 51.2 Å². The van der Waals surface area contributed by atoms with E-state index in [0.29, 0.717) is 22.7 Å². The molecule has 0 bridgehead atoms. The molecule has 2 heterocycles. The van der Waals surface area contributed by atoms with Gasteiger partial charge in [0.2, 0.25) is 34.4 Å². The van der Waals surface area contributed by atoms with Crippen LogP contribution in [0.25, 0.3) is 0 Å². The van der Waals surface area contributed by atoms with Crippen molar-refractivity contribution in [2.24, 2.45) is 0 Å². The van der Waals surface area contributed by atoms with Crippen molar-refractivity contribution in [3.8, 4) is 0 Å². The van der Waals surface area contributed by atoms with E-state index >= 15 is 0 Å². The molecule has 0 aliphatic heterocycles. The molecule has 0 unspecified atom stereocenters. The Morgan fingerprint density at radius 1 is 0.478 bits per heavy atom. The molecule has 226 valence electrons. The number of anilines is 8.